The van der Waals surface area contributed by atoms with Gasteiger partial charge in [-0.25, -0.2) is 0 Å². The lowest BCUT2D eigenvalue weighted by Gasteiger charge is -2.32. The van der Waals surface area contributed by atoms with Crippen molar-refractivity contribution < 1.29 is 19.1 Å². The maximum atomic E-state index is 13.9. The zero-order chi connectivity index (χ0) is 28.5. The maximum absolute atomic E-state index is 13.9. The zero-order valence-electron chi connectivity index (χ0n) is 23.6. The summed E-state index contributed by atoms with van der Waals surface area (Å²) in [6.45, 7) is 4.32. The van der Waals surface area contributed by atoms with Crippen LogP contribution in [0.3, 0.4) is 0 Å². The second-order valence-electron chi connectivity index (χ2n) is 10.7. The molecule has 2 amide bonds. The van der Waals surface area contributed by atoms with Crippen LogP contribution in [0.1, 0.15) is 62.1 Å². The molecule has 0 radical (unpaired) electrons. The van der Waals surface area contributed by atoms with E-state index in [4.69, 9.17) is 9.47 Å². The van der Waals surface area contributed by atoms with Gasteiger partial charge in [0.05, 0.1) is 11.6 Å². The van der Waals surface area contributed by atoms with Crippen LogP contribution in [-0.4, -0.2) is 42.5 Å². The molecule has 0 spiro atoms. The van der Waals surface area contributed by atoms with Gasteiger partial charge in [-0.15, -0.1) is 0 Å². The van der Waals surface area contributed by atoms with Crippen molar-refractivity contribution in [2.45, 2.75) is 70.5 Å². The van der Waals surface area contributed by atoms with Crippen molar-refractivity contribution in [3.63, 3.8) is 0 Å². The van der Waals surface area contributed by atoms with Gasteiger partial charge >= 0.3 is 0 Å². The Hall–Kier alpha value is -3.32. The second kappa shape index (κ2) is 14.4. The van der Waals surface area contributed by atoms with Crippen LogP contribution in [-0.2, 0) is 22.6 Å². The Labute approximate surface area is 246 Å². The number of ether oxygens (including phenoxy) is 2. The lowest BCUT2D eigenvalue weighted by atomic mass is 10.0. The number of nitrogens with zero attached hydrogens (tertiary/aromatic N) is 1. The standard InChI is InChI=1S/C33H39BrN2O4/c1-23(2)26-16-17-31(29(34)20-26)40-22-32(37)36(21-25-12-9-15-28(18-25)39-3)30(19-24-10-5-4-6-11-24)33(38)35-27-13-7-8-14-27/h4-6,9-12,15-18,20,23,27,30H,7-8,13-14,19,21-22H2,1-3H3,(H,35,38). The Bertz CT molecular complexity index is 1270. The molecule has 40 heavy (non-hydrogen) atoms. The molecular formula is C33H39BrN2O4. The Kier molecular flexibility index (Phi) is 10.6. The van der Waals surface area contributed by atoms with Crippen LogP contribution >= 0.6 is 15.9 Å². The molecule has 1 unspecified atom stereocenters. The normalized spacial score (nSPS) is 14.1. The molecule has 7 heteroatoms. The van der Waals surface area contributed by atoms with Gasteiger partial charge in [0.2, 0.25) is 5.91 Å². The molecule has 1 atom stereocenters. The largest absolute Gasteiger partial charge is 0.497 e. The molecule has 0 aromatic heterocycles. The number of amides is 2. The van der Waals surface area contributed by atoms with Gasteiger partial charge in [0.25, 0.3) is 5.91 Å². The van der Waals surface area contributed by atoms with E-state index in [1.807, 2.05) is 72.8 Å². The fraction of sp³-hybridized carbons (Fsp3) is 0.394. The number of carbonyl (C=O) groups excluding carboxylic acids is 2. The number of rotatable bonds is 12. The van der Waals surface area contributed by atoms with Gasteiger partial charge < -0.3 is 19.7 Å². The van der Waals surface area contributed by atoms with Crippen LogP contribution in [0.2, 0.25) is 0 Å². The Morgan fingerprint density at radius 2 is 1.70 bits per heavy atom. The maximum Gasteiger partial charge on any atom is 0.261 e. The molecule has 0 saturated heterocycles. The summed E-state index contributed by atoms with van der Waals surface area (Å²) in [7, 11) is 1.62. The third kappa shape index (κ3) is 8.10. The molecule has 1 aliphatic rings. The first-order chi connectivity index (χ1) is 19.3. The van der Waals surface area contributed by atoms with E-state index in [0.717, 1.165) is 41.3 Å². The van der Waals surface area contributed by atoms with E-state index in [-0.39, 0.29) is 31.0 Å². The quantitative estimate of drug-likeness (QED) is 0.250. The van der Waals surface area contributed by atoms with Crippen molar-refractivity contribution in [3.05, 3.63) is 94.0 Å². The third-order valence-corrected chi connectivity index (χ3v) is 8.05. The smallest absolute Gasteiger partial charge is 0.261 e. The molecule has 3 aromatic rings. The highest BCUT2D eigenvalue weighted by molar-refractivity contribution is 9.10. The van der Waals surface area contributed by atoms with Crippen LogP contribution in [0.25, 0.3) is 0 Å². The number of nitrogens with one attached hydrogen (secondary N) is 1. The highest BCUT2D eigenvalue weighted by Crippen LogP contribution is 2.29. The van der Waals surface area contributed by atoms with Gasteiger partial charge in [0.15, 0.2) is 6.61 Å². The van der Waals surface area contributed by atoms with E-state index in [9.17, 15) is 9.59 Å². The molecule has 0 heterocycles. The minimum atomic E-state index is -0.697. The van der Waals surface area contributed by atoms with Crippen molar-refractivity contribution in [2.24, 2.45) is 0 Å². The molecule has 0 bridgehead atoms. The van der Waals surface area contributed by atoms with Crippen molar-refractivity contribution in [1.82, 2.24) is 10.2 Å². The van der Waals surface area contributed by atoms with E-state index < -0.39 is 6.04 Å². The number of hydrogen-bond donors (Lipinski definition) is 1. The highest BCUT2D eigenvalue weighted by atomic mass is 79.9. The predicted molar refractivity (Wildman–Crippen MR) is 162 cm³/mol. The molecular weight excluding hydrogens is 568 g/mol. The van der Waals surface area contributed by atoms with E-state index in [0.29, 0.717) is 23.8 Å². The number of carbonyl (C=O) groups is 2. The average molecular weight is 608 g/mol. The van der Waals surface area contributed by atoms with Crippen LogP contribution in [0.15, 0.2) is 77.3 Å². The van der Waals surface area contributed by atoms with Crippen LogP contribution < -0.4 is 14.8 Å². The Morgan fingerprint density at radius 3 is 2.38 bits per heavy atom. The van der Waals surface area contributed by atoms with Gasteiger partial charge in [-0.3, -0.25) is 9.59 Å². The van der Waals surface area contributed by atoms with Gasteiger partial charge in [0.1, 0.15) is 17.5 Å². The average Bonchev–Trinajstić information content (AvgIpc) is 3.47. The first-order valence-corrected chi connectivity index (χ1v) is 14.8. The zero-order valence-corrected chi connectivity index (χ0v) is 25.2. The topological polar surface area (TPSA) is 67.9 Å². The molecule has 3 aromatic carbocycles. The molecule has 6 nitrogen and oxygen atoms in total. The van der Waals surface area contributed by atoms with Crippen molar-refractivity contribution in [1.29, 1.82) is 0 Å². The molecule has 1 N–H and O–H groups in total. The van der Waals surface area contributed by atoms with Gasteiger partial charge in [0, 0.05) is 19.0 Å². The minimum absolute atomic E-state index is 0.130. The van der Waals surface area contributed by atoms with E-state index in [1.54, 1.807) is 12.0 Å². The Morgan fingerprint density at radius 1 is 0.975 bits per heavy atom. The summed E-state index contributed by atoms with van der Waals surface area (Å²) >= 11 is 3.59. The molecule has 1 fully saturated rings. The lowest BCUT2D eigenvalue weighted by molar-refractivity contribution is -0.143. The third-order valence-electron chi connectivity index (χ3n) is 7.43. The van der Waals surface area contributed by atoms with E-state index >= 15 is 0 Å². The fourth-order valence-electron chi connectivity index (χ4n) is 5.10. The van der Waals surface area contributed by atoms with Crippen LogP contribution in [0.4, 0.5) is 0 Å². The van der Waals surface area contributed by atoms with Crippen molar-refractivity contribution in [2.75, 3.05) is 13.7 Å². The summed E-state index contributed by atoms with van der Waals surface area (Å²) in [4.78, 5) is 29.4. The number of benzene rings is 3. The molecule has 212 valence electrons. The van der Waals surface area contributed by atoms with Crippen LogP contribution in [0.5, 0.6) is 11.5 Å². The van der Waals surface area contributed by atoms with Crippen LogP contribution in [0, 0.1) is 0 Å². The van der Waals surface area contributed by atoms with Gasteiger partial charge in [-0.2, -0.15) is 0 Å². The summed E-state index contributed by atoms with van der Waals surface area (Å²) in [5.41, 5.74) is 3.05. The van der Waals surface area contributed by atoms with Crippen molar-refractivity contribution >= 4 is 27.7 Å². The highest BCUT2D eigenvalue weighted by Gasteiger charge is 2.32. The summed E-state index contributed by atoms with van der Waals surface area (Å²) in [6.07, 6.45) is 4.56. The molecule has 1 aliphatic carbocycles. The summed E-state index contributed by atoms with van der Waals surface area (Å²) < 4.78 is 12.2. The summed E-state index contributed by atoms with van der Waals surface area (Å²) in [5.74, 6) is 1.28. The van der Waals surface area contributed by atoms with Gasteiger partial charge in [-0.1, -0.05) is 75.2 Å². The monoisotopic (exact) mass is 606 g/mol. The predicted octanol–water partition coefficient (Wildman–Crippen LogP) is 6.66. The van der Waals surface area contributed by atoms with Crippen molar-refractivity contribution in [3.8, 4) is 11.5 Å². The fourth-order valence-corrected chi connectivity index (χ4v) is 5.62. The Balaban J connectivity index is 1.62. The number of hydrogen-bond acceptors (Lipinski definition) is 4. The van der Waals surface area contributed by atoms with Gasteiger partial charge in [-0.05, 0) is 75.6 Å². The molecule has 1 saturated carbocycles. The number of methoxy groups -OCH3 is 1. The first-order valence-electron chi connectivity index (χ1n) is 14.0. The summed E-state index contributed by atoms with van der Waals surface area (Å²) in [6, 6.07) is 22.8. The first kappa shape index (κ1) is 29.7. The number of halogens is 1. The van der Waals surface area contributed by atoms with E-state index in [2.05, 4.69) is 35.1 Å². The SMILES string of the molecule is COc1cccc(CN(C(=O)COc2ccc(C(C)C)cc2Br)C(Cc2ccccc2)C(=O)NC2CCCC2)c1. The molecule has 4 rings (SSSR count). The minimum Gasteiger partial charge on any atom is -0.497 e. The summed E-state index contributed by atoms with van der Waals surface area (Å²) in [5, 5.41) is 3.24. The second-order valence-corrected chi connectivity index (χ2v) is 11.6. The molecule has 0 aliphatic heterocycles. The lowest BCUT2D eigenvalue weighted by Crippen LogP contribution is -2.53. The van der Waals surface area contributed by atoms with E-state index in [1.165, 1.54) is 5.56 Å².